The van der Waals surface area contributed by atoms with Gasteiger partial charge in [0.05, 0.1) is 14.7 Å². The van der Waals surface area contributed by atoms with Gasteiger partial charge in [-0.2, -0.15) is 0 Å². The van der Waals surface area contributed by atoms with Gasteiger partial charge < -0.3 is 19.7 Å². The zero-order chi connectivity index (χ0) is 21.9. The van der Waals surface area contributed by atoms with E-state index in [1.165, 1.54) is 5.20 Å². The molecule has 1 aliphatic rings. The molecule has 0 aromatic heterocycles. The van der Waals surface area contributed by atoms with Crippen LogP contribution in [-0.2, 0) is 9.47 Å². The maximum Gasteiger partial charge on any atom is 0.184 e. The van der Waals surface area contributed by atoms with Crippen molar-refractivity contribution in [3.05, 3.63) is 77.9 Å². The van der Waals surface area contributed by atoms with Crippen LogP contribution in [0.1, 0.15) is 38.2 Å². The molecule has 1 saturated heterocycles. The Bertz CT molecular complexity index is 842. The van der Waals surface area contributed by atoms with Gasteiger partial charge in [0.1, 0.15) is 18.3 Å². The molecule has 0 aliphatic carbocycles. The molecule has 5 heteroatoms. The first-order chi connectivity index (χ1) is 14.1. The molecular formula is C25H34O4Si. The summed E-state index contributed by atoms with van der Waals surface area (Å²) in [4.78, 5) is 0. The topological polar surface area (TPSA) is 58.9 Å². The third kappa shape index (κ3) is 4.93. The highest BCUT2D eigenvalue weighted by molar-refractivity contribution is 6.96. The van der Waals surface area contributed by atoms with Gasteiger partial charge in [-0.25, -0.2) is 0 Å². The molecule has 4 nitrogen and oxygen atoms in total. The summed E-state index contributed by atoms with van der Waals surface area (Å²) >= 11 is 0. The van der Waals surface area contributed by atoms with E-state index in [-0.39, 0.29) is 11.6 Å². The molecule has 1 fully saturated rings. The van der Waals surface area contributed by atoms with E-state index in [0.717, 1.165) is 11.1 Å². The molecule has 2 N–H and O–H groups in total. The molecule has 1 heterocycles. The van der Waals surface area contributed by atoms with Gasteiger partial charge in [-0.05, 0) is 10.6 Å². The fraction of sp³-hybridized carbons (Fsp3) is 0.440. The molecule has 3 rings (SSSR count). The first-order valence-electron chi connectivity index (χ1n) is 10.6. The molecule has 0 unspecified atom stereocenters. The predicted molar refractivity (Wildman–Crippen MR) is 124 cm³/mol. The van der Waals surface area contributed by atoms with Crippen LogP contribution in [0.2, 0.25) is 18.1 Å². The Hall–Kier alpha value is -1.76. The number of benzene rings is 2. The van der Waals surface area contributed by atoms with E-state index >= 15 is 0 Å². The van der Waals surface area contributed by atoms with Crippen LogP contribution in [0.3, 0.4) is 0 Å². The van der Waals surface area contributed by atoms with E-state index in [1.807, 2.05) is 54.6 Å². The molecule has 2 aromatic rings. The second-order valence-electron chi connectivity index (χ2n) is 9.56. The van der Waals surface area contributed by atoms with Crippen molar-refractivity contribution < 1.29 is 19.7 Å². The summed E-state index contributed by atoms with van der Waals surface area (Å²) < 4.78 is 11.7. The number of ether oxygens (including phenoxy) is 2. The molecule has 0 bridgehead atoms. The maximum atomic E-state index is 11.2. The van der Waals surface area contributed by atoms with Gasteiger partial charge in [0.2, 0.25) is 0 Å². The molecule has 162 valence electrons. The molecule has 0 saturated carbocycles. The highest BCUT2D eigenvalue weighted by atomic mass is 28.3. The average molecular weight is 427 g/mol. The second kappa shape index (κ2) is 9.16. The van der Waals surface area contributed by atoms with Crippen LogP contribution in [0.15, 0.2) is 66.7 Å². The molecule has 0 radical (unpaired) electrons. The summed E-state index contributed by atoms with van der Waals surface area (Å²) in [6, 6.07) is 19.8. The van der Waals surface area contributed by atoms with Gasteiger partial charge in [-0.3, -0.25) is 0 Å². The van der Waals surface area contributed by atoms with E-state index in [2.05, 4.69) is 46.0 Å². The Balaban J connectivity index is 1.94. The van der Waals surface area contributed by atoms with Crippen molar-refractivity contribution in [2.45, 2.75) is 63.5 Å². The van der Waals surface area contributed by atoms with E-state index < -0.39 is 32.7 Å². The third-order valence-electron chi connectivity index (χ3n) is 6.46. The van der Waals surface area contributed by atoms with E-state index in [4.69, 9.17) is 9.47 Å². The molecule has 4 atom stereocenters. The van der Waals surface area contributed by atoms with Crippen molar-refractivity contribution in [1.29, 1.82) is 0 Å². The molecular weight excluding hydrogens is 392 g/mol. The Kier molecular flexibility index (Phi) is 7.00. The molecule has 30 heavy (non-hydrogen) atoms. The molecule has 2 aromatic carbocycles. The molecule has 0 amide bonds. The Labute approximate surface area is 181 Å². The fourth-order valence-corrected chi connectivity index (χ4v) is 5.88. The minimum atomic E-state index is -1.97. The number of rotatable bonds is 5. The third-order valence-corrected chi connectivity index (χ3v) is 12.0. The van der Waals surface area contributed by atoms with Crippen molar-refractivity contribution in [3.63, 3.8) is 0 Å². The highest BCUT2D eigenvalue weighted by Gasteiger charge is 2.41. The van der Waals surface area contributed by atoms with E-state index in [1.54, 1.807) is 0 Å². The minimum Gasteiger partial charge on any atom is -0.388 e. The quantitative estimate of drug-likeness (QED) is 0.664. The van der Waals surface area contributed by atoms with Gasteiger partial charge in [0.15, 0.2) is 6.29 Å². The lowest BCUT2D eigenvalue weighted by Crippen LogP contribution is -2.47. The molecule has 0 spiro atoms. The van der Waals surface area contributed by atoms with Crippen LogP contribution in [0.25, 0.3) is 5.20 Å². The van der Waals surface area contributed by atoms with Crippen molar-refractivity contribution in [1.82, 2.24) is 0 Å². The van der Waals surface area contributed by atoms with Crippen LogP contribution in [0.4, 0.5) is 0 Å². The van der Waals surface area contributed by atoms with Gasteiger partial charge in [-0.1, -0.05) is 106 Å². The van der Waals surface area contributed by atoms with Gasteiger partial charge in [0, 0.05) is 5.56 Å². The summed E-state index contributed by atoms with van der Waals surface area (Å²) in [5.41, 5.74) is 1.99. The summed E-state index contributed by atoms with van der Waals surface area (Å²) in [5, 5.41) is 23.0. The monoisotopic (exact) mass is 426 g/mol. The van der Waals surface area contributed by atoms with Crippen LogP contribution in [-0.4, -0.2) is 43.2 Å². The van der Waals surface area contributed by atoms with Crippen LogP contribution < -0.4 is 0 Å². The zero-order valence-electron chi connectivity index (χ0n) is 18.6. The summed E-state index contributed by atoms with van der Waals surface area (Å²) in [5.74, 6) is 0. The standard InChI is InChI=1S/C25H34O4Si/c1-25(2,3)30(4,5)22(18-12-8-6-9-13-18)16-20(26)23-21(27)17-28-24(29-23)19-14-10-7-11-15-19/h6-16,20-21,23-24,26-27H,17H2,1-5H3/b22-16-/t20-,21-,23+,24-/m1/s1. The number of hydrogen-bond donors (Lipinski definition) is 2. The zero-order valence-corrected chi connectivity index (χ0v) is 19.6. The lowest BCUT2D eigenvalue weighted by Gasteiger charge is -2.41. The SMILES string of the molecule is CC(C)(C)[Si](C)(C)/C(=C\[C@@H](O)[C@@H]1O[C@H](c2ccccc2)OC[C@H]1O)c1ccccc1. The number of aliphatic hydroxyl groups excluding tert-OH is 2. The summed E-state index contributed by atoms with van der Waals surface area (Å²) in [7, 11) is -1.97. The van der Waals surface area contributed by atoms with Gasteiger partial charge >= 0.3 is 0 Å². The van der Waals surface area contributed by atoms with Crippen LogP contribution >= 0.6 is 0 Å². The second-order valence-corrected chi connectivity index (χ2v) is 14.8. The minimum absolute atomic E-state index is 0.0934. The summed E-state index contributed by atoms with van der Waals surface area (Å²) in [6.45, 7) is 11.5. The Morgan fingerprint density at radius 1 is 1.03 bits per heavy atom. The smallest absolute Gasteiger partial charge is 0.184 e. The lowest BCUT2D eigenvalue weighted by molar-refractivity contribution is -0.270. The van der Waals surface area contributed by atoms with Crippen LogP contribution in [0, 0.1) is 0 Å². The van der Waals surface area contributed by atoms with Gasteiger partial charge in [-0.15, -0.1) is 0 Å². The maximum absolute atomic E-state index is 11.2. The van der Waals surface area contributed by atoms with E-state index in [0.29, 0.717) is 0 Å². The first kappa shape index (κ1) is 22.9. The van der Waals surface area contributed by atoms with Crippen molar-refractivity contribution in [2.75, 3.05) is 6.61 Å². The Morgan fingerprint density at radius 3 is 2.17 bits per heavy atom. The molecule has 1 aliphatic heterocycles. The van der Waals surface area contributed by atoms with Gasteiger partial charge in [0.25, 0.3) is 0 Å². The lowest BCUT2D eigenvalue weighted by atomic mass is 10.0. The van der Waals surface area contributed by atoms with Crippen molar-refractivity contribution in [3.8, 4) is 0 Å². The van der Waals surface area contributed by atoms with Crippen molar-refractivity contribution >= 4 is 13.3 Å². The summed E-state index contributed by atoms with van der Waals surface area (Å²) in [6.07, 6.45) is -1.29. The largest absolute Gasteiger partial charge is 0.388 e. The number of hydrogen-bond acceptors (Lipinski definition) is 4. The van der Waals surface area contributed by atoms with Crippen molar-refractivity contribution in [2.24, 2.45) is 0 Å². The average Bonchev–Trinajstić information content (AvgIpc) is 2.72. The number of aliphatic hydroxyl groups is 2. The van der Waals surface area contributed by atoms with Crippen LogP contribution in [0.5, 0.6) is 0 Å². The normalized spacial score (nSPS) is 24.5. The Morgan fingerprint density at radius 2 is 1.60 bits per heavy atom. The predicted octanol–water partition coefficient (Wildman–Crippen LogP) is 4.95. The fourth-order valence-electron chi connectivity index (χ4n) is 3.60. The van der Waals surface area contributed by atoms with E-state index in [9.17, 15) is 10.2 Å². The first-order valence-corrected chi connectivity index (χ1v) is 13.6. The highest BCUT2D eigenvalue weighted by Crippen LogP contribution is 2.44.